The first-order valence-corrected chi connectivity index (χ1v) is 11.6. The molecule has 0 spiro atoms. The molecule has 2 aliphatic rings. The third kappa shape index (κ3) is 5.60. The Bertz CT molecular complexity index is 1040. The van der Waals surface area contributed by atoms with Gasteiger partial charge in [-0.3, -0.25) is 14.5 Å². The van der Waals surface area contributed by atoms with Crippen LogP contribution in [0.4, 0.5) is 19.2 Å². The average molecular weight is 479 g/mol. The largest absolute Gasteiger partial charge is 0.465 e. The molecule has 1 fully saturated rings. The Balaban J connectivity index is 1.48. The minimum Gasteiger partial charge on any atom is -0.465 e. The maximum Gasteiger partial charge on any atom is 0.437 e. The van der Waals surface area contributed by atoms with Gasteiger partial charge in [0, 0.05) is 32.6 Å². The number of oxazole rings is 1. The van der Waals surface area contributed by atoms with Crippen molar-refractivity contribution in [1.82, 2.24) is 9.88 Å². The first-order valence-electron chi connectivity index (χ1n) is 11.6. The zero-order valence-corrected chi connectivity index (χ0v) is 19.1. The number of aromatic nitrogens is 1. The Kier molecular flexibility index (Phi) is 7.25. The number of carbonyl (C=O) groups excluding carboxylic acids is 2. The molecule has 4 rings (SSSR count). The lowest BCUT2D eigenvalue weighted by molar-refractivity contribution is -0.144. The predicted octanol–water partition coefficient (Wildman–Crippen LogP) is 4.03. The molecule has 0 bridgehead atoms. The second-order valence-corrected chi connectivity index (χ2v) is 8.69. The Morgan fingerprint density at radius 1 is 1.12 bits per heavy atom. The van der Waals surface area contributed by atoms with Gasteiger partial charge in [-0.2, -0.15) is 18.2 Å². The number of carbonyl (C=O) groups is 2. The minimum atomic E-state index is -4.78. The summed E-state index contributed by atoms with van der Waals surface area (Å²) in [7, 11) is 0. The van der Waals surface area contributed by atoms with E-state index in [-0.39, 0.29) is 24.9 Å². The van der Waals surface area contributed by atoms with Gasteiger partial charge in [0.2, 0.25) is 11.5 Å². The number of nitrogens with zero attached hydrogens (tertiary/aromatic N) is 3. The maximum atomic E-state index is 13.6. The molecule has 0 N–H and O–H groups in total. The number of piperidine rings is 1. The van der Waals surface area contributed by atoms with Gasteiger partial charge in [0.05, 0.1) is 13.2 Å². The average Bonchev–Trinajstić information content (AvgIpc) is 3.26. The van der Waals surface area contributed by atoms with Crippen LogP contribution in [0.2, 0.25) is 0 Å². The summed E-state index contributed by atoms with van der Waals surface area (Å²) in [5.74, 6) is -1.75. The molecule has 2 aromatic rings. The molecule has 0 radical (unpaired) electrons. The Hall–Kier alpha value is -2.88. The van der Waals surface area contributed by atoms with E-state index in [1.165, 1.54) is 0 Å². The fourth-order valence-electron chi connectivity index (χ4n) is 4.47. The van der Waals surface area contributed by atoms with Crippen LogP contribution in [0.5, 0.6) is 0 Å². The number of Topliss-reactive ketones (excluding diaryl/α,β-unsaturated/α-hetero) is 1. The van der Waals surface area contributed by atoms with Crippen LogP contribution in [0.3, 0.4) is 0 Å². The summed E-state index contributed by atoms with van der Waals surface area (Å²) >= 11 is 0. The van der Waals surface area contributed by atoms with Gasteiger partial charge in [0.1, 0.15) is 0 Å². The van der Waals surface area contributed by atoms with E-state index in [1.54, 1.807) is 17.9 Å². The van der Waals surface area contributed by atoms with Crippen molar-refractivity contribution in [3.63, 3.8) is 0 Å². The van der Waals surface area contributed by atoms with Gasteiger partial charge >= 0.3 is 12.1 Å². The lowest BCUT2D eigenvalue weighted by atomic mass is 9.95. The zero-order valence-electron chi connectivity index (χ0n) is 19.1. The fourth-order valence-corrected chi connectivity index (χ4v) is 4.47. The zero-order chi connectivity index (χ0) is 24.3. The van der Waals surface area contributed by atoms with Crippen LogP contribution in [-0.2, 0) is 35.1 Å². The van der Waals surface area contributed by atoms with Gasteiger partial charge < -0.3 is 14.1 Å². The molecule has 184 valence electrons. The highest BCUT2D eigenvalue weighted by molar-refractivity contribution is 5.96. The molecular weight excluding hydrogens is 451 g/mol. The fraction of sp³-hybridized carbons (Fsp3) is 0.542. The van der Waals surface area contributed by atoms with Crippen LogP contribution in [-0.4, -0.2) is 54.4 Å². The van der Waals surface area contributed by atoms with Crippen molar-refractivity contribution in [2.24, 2.45) is 0 Å². The Morgan fingerprint density at radius 3 is 2.59 bits per heavy atom. The lowest BCUT2D eigenvalue weighted by Gasteiger charge is -2.28. The molecule has 1 saturated heterocycles. The van der Waals surface area contributed by atoms with Crippen molar-refractivity contribution in [2.75, 3.05) is 37.7 Å². The highest BCUT2D eigenvalue weighted by atomic mass is 19.4. The van der Waals surface area contributed by atoms with Crippen molar-refractivity contribution in [2.45, 2.75) is 51.7 Å². The first-order chi connectivity index (χ1) is 16.2. The van der Waals surface area contributed by atoms with E-state index in [9.17, 15) is 22.8 Å². The molecule has 10 heteroatoms. The van der Waals surface area contributed by atoms with Gasteiger partial charge in [-0.25, -0.2) is 0 Å². The molecule has 2 aliphatic heterocycles. The summed E-state index contributed by atoms with van der Waals surface area (Å²) in [5.41, 5.74) is 1.40. The van der Waals surface area contributed by atoms with Crippen LogP contribution >= 0.6 is 0 Å². The van der Waals surface area contributed by atoms with Crippen LogP contribution in [0.1, 0.15) is 59.1 Å². The standard InChI is InChI=1S/C24H28F3N3O4/c1-2-33-20(32)15-29-11-8-17-12-16(6-7-18(17)14-29)13-19(31)21-22(24(25,26)27)28-23(34-21)30-9-4-3-5-10-30/h6-7,12H,2-5,8-11,13-15H2,1H3. The summed E-state index contributed by atoms with van der Waals surface area (Å²) in [6.45, 7) is 4.65. The number of hydrogen-bond acceptors (Lipinski definition) is 7. The topological polar surface area (TPSA) is 75.9 Å². The van der Waals surface area contributed by atoms with Crippen molar-refractivity contribution in [1.29, 1.82) is 0 Å². The second kappa shape index (κ2) is 10.2. The molecule has 1 aromatic heterocycles. The molecule has 0 saturated carbocycles. The smallest absolute Gasteiger partial charge is 0.437 e. The number of fused-ring (bicyclic) bond motifs is 1. The molecule has 0 atom stereocenters. The molecule has 0 amide bonds. The van der Waals surface area contributed by atoms with Crippen LogP contribution in [0.15, 0.2) is 22.6 Å². The van der Waals surface area contributed by atoms with Gasteiger partial charge in [-0.15, -0.1) is 0 Å². The number of rotatable bonds is 7. The maximum absolute atomic E-state index is 13.6. The number of halogens is 3. The normalized spacial score (nSPS) is 16.9. The number of hydrogen-bond donors (Lipinski definition) is 0. The van der Waals surface area contributed by atoms with E-state index in [2.05, 4.69) is 4.98 Å². The third-order valence-electron chi connectivity index (χ3n) is 6.15. The summed E-state index contributed by atoms with van der Waals surface area (Å²) in [5, 5.41) is 0. The highest BCUT2D eigenvalue weighted by Gasteiger charge is 2.41. The van der Waals surface area contributed by atoms with Crippen molar-refractivity contribution < 1.29 is 31.9 Å². The first kappa shape index (κ1) is 24.3. The van der Waals surface area contributed by atoms with Crippen molar-refractivity contribution in [3.8, 4) is 0 Å². The third-order valence-corrected chi connectivity index (χ3v) is 6.15. The summed E-state index contributed by atoms with van der Waals surface area (Å²) in [6.07, 6.45) is -1.61. The number of alkyl halides is 3. The Morgan fingerprint density at radius 2 is 1.88 bits per heavy atom. The molecule has 0 unspecified atom stereocenters. The van der Waals surface area contributed by atoms with E-state index >= 15 is 0 Å². The SMILES string of the molecule is CCOC(=O)CN1CCc2cc(CC(=O)c3oc(N4CCCCC4)nc3C(F)(F)F)ccc2C1. The number of ketones is 1. The van der Waals surface area contributed by atoms with Crippen LogP contribution in [0, 0.1) is 0 Å². The van der Waals surface area contributed by atoms with Crippen LogP contribution < -0.4 is 4.90 Å². The molecule has 3 heterocycles. The van der Waals surface area contributed by atoms with Crippen molar-refractivity contribution >= 4 is 17.8 Å². The molecular formula is C24H28F3N3O4. The van der Waals surface area contributed by atoms with Crippen LogP contribution in [0.25, 0.3) is 0 Å². The molecule has 34 heavy (non-hydrogen) atoms. The summed E-state index contributed by atoms with van der Waals surface area (Å²) in [6, 6.07) is 5.31. The second-order valence-electron chi connectivity index (χ2n) is 8.69. The number of ether oxygens (including phenoxy) is 1. The quantitative estimate of drug-likeness (QED) is 0.438. The number of benzene rings is 1. The molecule has 1 aromatic carbocycles. The van der Waals surface area contributed by atoms with Crippen molar-refractivity contribution in [3.05, 3.63) is 46.3 Å². The number of esters is 1. The van der Waals surface area contributed by atoms with Gasteiger partial charge in [0.15, 0.2) is 5.69 Å². The lowest BCUT2D eigenvalue weighted by Crippen LogP contribution is -2.35. The van der Waals surface area contributed by atoms with E-state index in [1.807, 2.05) is 17.0 Å². The van der Waals surface area contributed by atoms with E-state index in [0.717, 1.165) is 30.4 Å². The monoisotopic (exact) mass is 479 g/mol. The minimum absolute atomic E-state index is 0.137. The highest BCUT2D eigenvalue weighted by Crippen LogP contribution is 2.35. The van der Waals surface area contributed by atoms with E-state index in [0.29, 0.717) is 44.8 Å². The van der Waals surface area contributed by atoms with E-state index in [4.69, 9.17) is 9.15 Å². The summed E-state index contributed by atoms with van der Waals surface area (Å²) < 4.78 is 51.2. The van der Waals surface area contributed by atoms with E-state index < -0.39 is 23.4 Å². The van der Waals surface area contributed by atoms with Gasteiger partial charge in [-0.1, -0.05) is 18.2 Å². The summed E-state index contributed by atoms with van der Waals surface area (Å²) in [4.78, 5) is 31.9. The Labute approximate surface area is 195 Å². The van der Waals surface area contributed by atoms with Gasteiger partial charge in [-0.05, 0) is 49.3 Å². The van der Waals surface area contributed by atoms with Gasteiger partial charge in [0.25, 0.3) is 6.01 Å². The molecule has 0 aliphatic carbocycles. The molecule has 7 nitrogen and oxygen atoms in total. The predicted molar refractivity (Wildman–Crippen MR) is 118 cm³/mol. The number of anilines is 1.